The number of carbonyl (C=O) groups is 1. The van der Waals surface area contributed by atoms with Crippen LogP contribution in [-0.4, -0.2) is 16.0 Å². The van der Waals surface area contributed by atoms with Gasteiger partial charge in [-0.1, -0.05) is 11.2 Å². The lowest BCUT2D eigenvalue weighted by molar-refractivity contribution is -0.137. The number of halogens is 3. The molecule has 2 aromatic heterocycles. The fourth-order valence-corrected chi connectivity index (χ4v) is 1.98. The number of hydrogen-bond donors (Lipinski definition) is 1. The van der Waals surface area contributed by atoms with Gasteiger partial charge in [0.15, 0.2) is 12.3 Å². The van der Waals surface area contributed by atoms with Crippen LogP contribution in [0.1, 0.15) is 27.6 Å². The van der Waals surface area contributed by atoms with E-state index in [4.69, 9.17) is 9.15 Å². The highest BCUT2D eigenvalue weighted by Gasteiger charge is 2.30. The van der Waals surface area contributed by atoms with E-state index in [0.717, 1.165) is 18.4 Å². The number of rotatable bonds is 6. The van der Waals surface area contributed by atoms with E-state index in [9.17, 15) is 18.0 Å². The first kappa shape index (κ1) is 17.5. The third-order valence-corrected chi connectivity index (χ3v) is 3.23. The molecule has 0 bridgehead atoms. The highest BCUT2D eigenvalue weighted by molar-refractivity contribution is 5.91. The Balaban J connectivity index is 1.56. The number of nitrogens with one attached hydrogen (secondary N) is 1. The van der Waals surface area contributed by atoms with E-state index in [2.05, 4.69) is 20.0 Å². The predicted octanol–water partition coefficient (Wildman–Crippen LogP) is 3.19. The second kappa shape index (κ2) is 7.30. The number of amides is 1. The van der Waals surface area contributed by atoms with Gasteiger partial charge in [-0.15, -0.1) is 0 Å². The summed E-state index contributed by atoms with van der Waals surface area (Å²) in [6.45, 7) is -0.0733. The molecule has 3 aromatic rings. The Labute approximate surface area is 144 Å². The molecule has 2 heterocycles. The van der Waals surface area contributed by atoms with Gasteiger partial charge in [0.1, 0.15) is 24.0 Å². The molecule has 0 radical (unpaired) electrons. The molecule has 3 rings (SSSR count). The minimum absolute atomic E-state index is 0.00931. The highest BCUT2D eigenvalue weighted by Crippen LogP contribution is 2.31. The average molecular weight is 367 g/mol. The molecule has 0 atom stereocenters. The minimum atomic E-state index is -4.46. The van der Waals surface area contributed by atoms with Crippen molar-refractivity contribution in [1.29, 1.82) is 0 Å². The van der Waals surface area contributed by atoms with Crippen molar-refractivity contribution in [3.05, 3.63) is 65.7 Å². The van der Waals surface area contributed by atoms with Gasteiger partial charge in [-0.05, 0) is 18.2 Å². The summed E-state index contributed by atoms with van der Waals surface area (Å²) in [6.07, 6.45) is -1.96. The Morgan fingerprint density at radius 1 is 1.27 bits per heavy atom. The van der Waals surface area contributed by atoms with Gasteiger partial charge in [0.2, 0.25) is 5.89 Å². The number of benzene rings is 1. The van der Waals surface area contributed by atoms with Crippen molar-refractivity contribution in [2.45, 2.75) is 19.3 Å². The Hall–Kier alpha value is -3.30. The van der Waals surface area contributed by atoms with Crippen LogP contribution in [0, 0.1) is 0 Å². The van der Waals surface area contributed by atoms with Crippen molar-refractivity contribution in [3.8, 4) is 5.75 Å². The number of aromatic nitrogens is 2. The average Bonchev–Trinajstić information content (AvgIpc) is 3.29. The Morgan fingerprint density at radius 2 is 2.12 bits per heavy atom. The van der Waals surface area contributed by atoms with Gasteiger partial charge < -0.3 is 19.0 Å². The fraction of sp³-hybridized carbons (Fsp3) is 0.188. The number of alkyl halides is 3. The number of ether oxygens (including phenoxy) is 1. The molecule has 7 nitrogen and oxygen atoms in total. The quantitative estimate of drug-likeness (QED) is 0.720. The second-order valence-electron chi connectivity index (χ2n) is 5.11. The number of hydrogen-bond acceptors (Lipinski definition) is 6. The molecule has 1 amide bonds. The van der Waals surface area contributed by atoms with E-state index in [1.165, 1.54) is 18.4 Å². The van der Waals surface area contributed by atoms with Crippen molar-refractivity contribution >= 4 is 5.91 Å². The van der Waals surface area contributed by atoms with Crippen LogP contribution in [0.15, 0.2) is 51.8 Å². The van der Waals surface area contributed by atoms with E-state index in [1.54, 1.807) is 6.07 Å². The largest absolute Gasteiger partial charge is 0.484 e. The smallest absolute Gasteiger partial charge is 0.416 e. The first-order chi connectivity index (χ1) is 12.4. The van der Waals surface area contributed by atoms with Gasteiger partial charge in [-0.25, -0.2) is 4.98 Å². The highest BCUT2D eigenvalue weighted by atomic mass is 19.4. The second-order valence-corrected chi connectivity index (χ2v) is 5.11. The van der Waals surface area contributed by atoms with E-state index < -0.39 is 17.6 Å². The van der Waals surface area contributed by atoms with Gasteiger partial charge in [0.05, 0.1) is 12.1 Å². The van der Waals surface area contributed by atoms with Gasteiger partial charge >= 0.3 is 6.18 Å². The zero-order valence-corrected chi connectivity index (χ0v) is 13.1. The summed E-state index contributed by atoms with van der Waals surface area (Å²) in [5.74, 6) is -0.439. The lowest BCUT2D eigenvalue weighted by atomic mass is 10.2. The zero-order valence-electron chi connectivity index (χ0n) is 13.1. The van der Waals surface area contributed by atoms with Crippen molar-refractivity contribution in [2.24, 2.45) is 0 Å². The van der Waals surface area contributed by atoms with Crippen molar-refractivity contribution < 1.29 is 31.6 Å². The predicted molar refractivity (Wildman–Crippen MR) is 80.0 cm³/mol. The molecule has 0 aliphatic rings. The number of oxazole rings is 1. The molecule has 0 aliphatic carbocycles. The third kappa shape index (κ3) is 4.41. The Kier molecular flexibility index (Phi) is 4.92. The summed E-state index contributed by atoms with van der Waals surface area (Å²) in [6, 6.07) is 6.02. The monoisotopic (exact) mass is 367 g/mol. The molecule has 0 unspecified atom stereocenters. The first-order valence-electron chi connectivity index (χ1n) is 7.34. The molecule has 0 saturated carbocycles. The van der Waals surface area contributed by atoms with Gasteiger partial charge in [-0.3, -0.25) is 4.79 Å². The molecule has 0 aliphatic heterocycles. The summed E-state index contributed by atoms with van der Waals surface area (Å²) in [7, 11) is 0. The van der Waals surface area contributed by atoms with E-state index >= 15 is 0 Å². The molecule has 136 valence electrons. The maximum atomic E-state index is 12.7. The molecule has 0 spiro atoms. The van der Waals surface area contributed by atoms with Gasteiger partial charge in [0.25, 0.3) is 5.91 Å². The summed E-state index contributed by atoms with van der Waals surface area (Å²) < 4.78 is 52.9. The van der Waals surface area contributed by atoms with Crippen molar-refractivity contribution in [2.75, 3.05) is 0 Å². The molecule has 10 heteroatoms. The maximum Gasteiger partial charge on any atom is 0.416 e. The Morgan fingerprint density at radius 3 is 2.85 bits per heavy atom. The van der Waals surface area contributed by atoms with Gasteiger partial charge in [-0.2, -0.15) is 13.2 Å². The van der Waals surface area contributed by atoms with E-state index in [-0.39, 0.29) is 30.5 Å². The zero-order chi connectivity index (χ0) is 18.6. The summed E-state index contributed by atoms with van der Waals surface area (Å²) in [4.78, 5) is 15.9. The summed E-state index contributed by atoms with van der Waals surface area (Å²) in [5, 5.41) is 6.20. The Bertz CT molecular complexity index is 875. The number of nitrogens with zero attached hydrogens (tertiary/aromatic N) is 2. The summed E-state index contributed by atoms with van der Waals surface area (Å²) >= 11 is 0. The van der Waals surface area contributed by atoms with Gasteiger partial charge in [0, 0.05) is 6.07 Å². The molecular weight excluding hydrogens is 355 g/mol. The van der Waals surface area contributed by atoms with Crippen molar-refractivity contribution in [1.82, 2.24) is 15.5 Å². The topological polar surface area (TPSA) is 90.4 Å². The molecule has 1 aromatic carbocycles. The third-order valence-electron chi connectivity index (χ3n) is 3.23. The van der Waals surface area contributed by atoms with Crippen LogP contribution in [0.4, 0.5) is 13.2 Å². The van der Waals surface area contributed by atoms with Crippen LogP contribution < -0.4 is 10.1 Å². The normalized spacial score (nSPS) is 11.3. The van der Waals surface area contributed by atoms with Crippen LogP contribution in [0.3, 0.4) is 0 Å². The van der Waals surface area contributed by atoms with Crippen LogP contribution >= 0.6 is 0 Å². The van der Waals surface area contributed by atoms with Crippen molar-refractivity contribution in [3.63, 3.8) is 0 Å². The lowest BCUT2D eigenvalue weighted by Crippen LogP contribution is -2.23. The fourth-order valence-electron chi connectivity index (χ4n) is 1.98. The minimum Gasteiger partial charge on any atom is -0.484 e. The molecule has 1 N–H and O–H groups in total. The molecule has 0 saturated heterocycles. The standard InChI is InChI=1S/C16H12F3N3O4/c17-16(18,19)10-2-1-3-12(6-10)24-9-14-21-13(8-25-14)15(23)20-7-11-4-5-26-22-11/h1-6,8H,7,9H2,(H,20,23). The van der Waals surface area contributed by atoms with E-state index in [0.29, 0.717) is 5.69 Å². The SMILES string of the molecule is O=C(NCc1ccon1)c1coc(COc2cccc(C(F)(F)F)c2)n1. The van der Waals surface area contributed by atoms with Crippen LogP contribution in [0.2, 0.25) is 0 Å². The van der Waals surface area contributed by atoms with Crippen LogP contribution in [0.5, 0.6) is 5.75 Å². The van der Waals surface area contributed by atoms with Crippen LogP contribution in [-0.2, 0) is 19.3 Å². The molecule has 0 fully saturated rings. The summed E-state index contributed by atoms with van der Waals surface area (Å²) in [5.41, 5.74) is -0.276. The van der Waals surface area contributed by atoms with Crippen LogP contribution in [0.25, 0.3) is 0 Å². The molecule has 26 heavy (non-hydrogen) atoms. The van der Waals surface area contributed by atoms with E-state index in [1.807, 2.05) is 0 Å². The first-order valence-corrected chi connectivity index (χ1v) is 7.34. The number of carbonyl (C=O) groups excluding carboxylic acids is 1. The molecular formula is C16H12F3N3O4. The lowest BCUT2D eigenvalue weighted by Gasteiger charge is -2.09. The maximum absolute atomic E-state index is 12.7.